The summed E-state index contributed by atoms with van der Waals surface area (Å²) >= 11 is 5.74. The molecule has 1 aliphatic heterocycles. The van der Waals surface area contributed by atoms with E-state index >= 15 is 0 Å². The number of fused-ring (bicyclic) bond motifs is 1. The van der Waals surface area contributed by atoms with Gasteiger partial charge in [0, 0.05) is 0 Å². The van der Waals surface area contributed by atoms with Crippen LogP contribution in [0.15, 0.2) is 12.1 Å². The van der Waals surface area contributed by atoms with Crippen LogP contribution in [-0.2, 0) is 4.79 Å². The van der Waals surface area contributed by atoms with Crippen LogP contribution in [0.25, 0.3) is 0 Å². The molecule has 0 aliphatic carbocycles. The number of ether oxygens (including phenoxy) is 2. The first-order valence-electron chi connectivity index (χ1n) is 3.78. The van der Waals surface area contributed by atoms with Crippen LogP contribution in [0.4, 0.5) is 0 Å². The van der Waals surface area contributed by atoms with Crippen LogP contribution in [0.3, 0.4) is 0 Å². The van der Waals surface area contributed by atoms with Gasteiger partial charge in [-0.15, -0.1) is 0 Å². The largest absolute Gasteiger partial charge is 0.496 e. The number of rotatable bonds is 1. The van der Waals surface area contributed by atoms with E-state index in [1.54, 1.807) is 0 Å². The number of esters is 1. The fourth-order valence-corrected chi connectivity index (χ4v) is 1.46. The van der Waals surface area contributed by atoms with Crippen LogP contribution in [0, 0.1) is 0 Å². The van der Waals surface area contributed by atoms with Crippen molar-refractivity contribution in [1.82, 2.24) is 0 Å². The molecule has 2 rings (SSSR count). The Bertz CT molecular complexity index is 439. The van der Waals surface area contributed by atoms with Gasteiger partial charge in [-0.3, -0.25) is 4.79 Å². The topological polar surface area (TPSA) is 52.6 Å². The lowest BCUT2D eigenvalue weighted by Gasteiger charge is -2.04. The third kappa shape index (κ3) is 1.08. The zero-order valence-electron chi connectivity index (χ0n) is 7.17. The molecule has 0 bridgehead atoms. The van der Waals surface area contributed by atoms with Crippen molar-refractivity contribution in [3.8, 4) is 11.5 Å². The number of benzene rings is 1. The second kappa shape index (κ2) is 2.99. The van der Waals surface area contributed by atoms with E-state index in [9.17, 15) is 9.59 Å². The van der Waals surface area contributed by atoms with Gasteiger partial charge in [0.05, 0.1) is 12.1 Å². The van der Waals surface area contributed by atoms with E-state index in [1.165, 1.54) is 19.2 Å². The van der Waals surface area contributed by atoms with Crippen molar-refractivity contribution in [2.75, 3.05) is 7.11 Å². The standard InChI is InChI=1S/C9H5ClO4/c1-13-5-3-2-4(10)8-6(5)7(11)9(12)14-8/h2-3H,1H3. The van der Waals surface area contributed by atoms with Crippen molar-refractivity contribution in [1.29, 1.82) is 0 Å². The lowest BCUT2D eigenvalue weighted by molar-refractivity contribution is -0.128. The van der Waals surface area contributed by atoms with Gasteiger partial charge in [-0.2, -0.15) is 0 Å². The van der Waals surface area contributed by atoms with E-state index in [0.29, 0.717) is 5.75 Å². The number of hydrogen-bond donors (Lipinski definition) is 0. The van der Waals surface area contributed by atoms with Gasteiger partial charge in [0.2, 0.25) is 0 Å². The molecule has 0 spiro atoms. The maximum atomic E-state index is 11.3. The monoisotopic (exact) mass is 212 g/mol. The van der Waals surface area contributed by atoms with Crippen LogP contribution < -0.4 is 9.47 Å². The first-order chi connectivity index (χ1) is 6.65. The van der Waals surface area contributed by atoms with Crippen molar-refractivity contribution < 1.29 is 19.1 Å². The Hall–Kier alpha value is -1.55. The number of methoxy groups -OCH3 is 1. The minimum atomic E-state index is -0.925. The molecule has 72 valence electrons. The average molecular weight is 213 g/mol. The predicted molar refractivity (Wildman–Crippen MR) is 48.0 cm³/mol. The highest BCUT2D eigenvalue weighted by atomic mass is 35.5. The van der Waals surface area contributed by atoms with Gasteiger partial charge in [-0.25, -0.2) is 4.79 Å². The summed E-state index contributed by atoms with van der Waals surface area (Å²) in [4.78, 5) is 22.3. The lowest BCUT2D eigenvalue weighted by Crippen LogP contribution is -2.10. The van der Waals surface area contributed by atoms with Crippen LogP contribution >= 0.6 is 11.6 Å². The van der Waals surface area contributed by atoms with Crippen molar-refractivity contribution in [3.05, 3.63) is 22.7 Å². The van der Waals surface area contributed by atoms with E-state index < -0.39 is 11.8 Å². The molecule has 1 aromatic carbocycles. The summed E-state index contributed by atoms with van der Waals surface area (Å²) in [6, 6.07) is 3.02. The molecule has 14 heavy (non-hydrogen) atoms. The van der Waals surface area contributed by atoms with E-state index in [0.717, 1.165) is 0 Å². The highest BCUT2D eigenvalue weighted by Crippen LogP contribution is 2.39. The second-order valence-electron chi connectivity index (χ2n) is 2.67. The van der Waals surface area contributed by atoms with Gasteiger partial charge in [0.1, 0.15) is 11.3 Å². The molecule has 1 aliphatic rings. The molecule has 1 aromatic rings. The average Bonchev–Trinajstić information content (AvgIpc) is 2.47. The van der Waals surface area contributed by atoms with Gasteiger partial charge in [0.25, 0.3) is 5.78 Å². The van der Waals surface area contributed by atoms with Crippen LogP contribution in [0.2, 0.25) is 5.02 Å². The van der Waals surface area contributed by atoms with Crippen LogP contribution in [0.1, 0.15) is 10.4 Å². The summed E-state index contributed by atoms with van der Waals surface area (Å²) < 4.78 is 9.61. The Labute approximate surface area is 84.4 Å². The van der Waals surface area contributed by atoms with Crippen molar-refractivity contribution in [2.24, 2.45) is 0 Å². The fourth-order valence-electron chi connectivity index (χ4n) is 1.27. The number of ketones is 1. The number of hydrogen-bond acceptors (Lipinski definition) is 4. The Morgan fingerprint density at radius 1 is 1.36 bits per heavy atom. The highest BCUT2D eigenvalue weighted by molar-refractivity contribution is 6.47. The van der Waals surface area contributed by atoms with E-state index in [2.05, 4.69) is 0 Å². The quantitative estimate of drug-likeness (QED) is 0.402. The van der Waals surface area contributed by atoms with Crippen molar-refractivity contribution >= 4 is 23.4 Å². The number of carbonyl (C=O) groups is 2. The molecule has 4 nitrogen and oxygen atoms in total. The molecule has 0 amide bonds. The number of carbonyl (C=O) groups excluding carboxylic acids is 2. The summed E-state index contributed by atoms with van der Waals surface area (Å²) in [5.41, 5.74) is 0.102. The molecule has 0 saturated heterocycles. The Morgan fingerprint density at radius 3 is 2.71 bits per heavy atom. The third-order valence-electron chi connectivity index (χ3n) is 1.90. The van der Waals surface area contributed by atoms with E-state index in [4.69, 9.17) is 21.1 Å². The Kier molecular flexibility index (Phi) is 1.93. The maximum absolute atomic E-state index is 11.3. The van der Waals surface area contributed by atoms with Gasteiger partial charge in [-0.1, -0.05) is 11.6 Å². The van der Waals surface area contributed by atoms with Gasteiger partial charge < -0.3 is 9.47 Å². The van der Waals surface area contributed by atoms with Crippen molar-refractivity contribution in [2.45, 2.75) is 0 Å². The molecule has 0 atom stereocenters. The molecular formula is C9H5ClO4. The summed E-state index contributed by atoms with van der Waals surface area (Å²) in [7, 11) is 1.40. The fraction of sp³-hybridized carbons (Fsp3) is 0.111. The van der Waals surface area contributed by atoms with E-state index in [-0.39, 0.29) is 16.3 Å². The number of Topliss-reactive ketones (excluding diaryl/α,β-unsaturated/α-hetero) is 1. The molecule has 0 N–H and O–H groups in total. The predicted octanol–water partition coefficient (Wildman–Crippen LogP) is 1.45. The second-order valence-corrected chi connectivity index (χ2v) is 3.08. The minimum Gasteiger partial charge on any atom is -0.496 e. The van der Waals surface area contributed by atoms with Gasteiger partial charge in [-0.05, 0) is 12.1 Å². The number of halogens is 1. The molecule has 5 heteroatoms. The molecule has 0 fully saturated rings. The van der Waals surface area contributed by atoms with Crippen LogP contribution in [0.5, 0.6) is 11.5 Å². The molecule has 0 saturated carbocycles. The van der Waals surface area contributed by atoms with Gasteiger partial charge >= 0.3 is 5.97 Å². The zero-order valence-corrected chi connectivity index (χ0v) is 7.92. The smallest absolute Gasteiger partial charge is 0.385 e. The minimum absolute atomic E-state index is 0.0843. The van der Waals surface area contributed by atoms with E-state index in [1.807, 2.05) is 0 Å². The summed E-state index contributed by atoms with van der Waals surface area (Å²) in [6.45, 7) is 0. The molecule has 0 radical (unpaired) electrons. The first kappa shape index (κ1) is 9.02. The summed E-state index contributed by atoms with van der Waals surface area (Å²) in [5, 5.41) is 0.222. The zero-order chi connectivity index (χ0) is 10.3. The van der Waals surface area contributed by atoms with Crippen molar-refractivity contribution in [3.63, 3.8) is 0 Å². The normalized spacial score (nSPS) is 13.9. The molecule has 0 aromatic heterocycles. The Morgan fingerprint density at radius 2 is 2.07 bits per heavy atom. The molecule has 0 unspecified atom stereocenters. The maximum Gasteiger partial charge on any atom is 0.385 e. The SMILES string of the molecule is COc1ccc(Cl)c2c1C(=O)C(=O)O2. The molecular weight excluding hydrogens is 208 g/mol. The summed E-state index contributed by atoms with van der Waals surface area (Å²) in [5.74, 6) is -1.27. The lowest BCUT2D eigenvalue weighted by atomic mass is 10.1. The van der Waals surface area contributed by atoms with Gasteiger partial charge in [0.15, 0.2) is 5.75 Å². The van der Waals surface area contributed by atoms with Crippen LogP contribution in [-0.4, -0.2) is 18.9 Å². The molecule has 1 heterocycles. The first-order valence-corrected chi connectivity index (χ1v) is 4.16. The third-order valence-corrected chi connectivity index (χ3v) is 2.20. The Balaban J connectivity index is 2.71. The highest BCUT2D eigenvalue weighted by Gasteiger charge is 2.35. The summed E-state index contributed by atoms with van der Waals surface area (Å²) in [6.07, 6.45) is 0.